The number of methoxy groups -OCH3 is 1. The zero-order valence-corrected chi connectivity index (χ0v) is 11.5. The van der Waals surface area contributed by atoms with E-state index in [0.29, 0.717) is 10.6 Å². The highest BCUT2D eigenvalue weighted by Gasteiger charge is 2.44. The highest BCUT2D eigenvalue weighted by atomic mass is 35.5. The van der Waals surface area contributed by atoms with Crippen LogP contribution in [0.4, 0.5) is 18.9 Å². The number of carboxylic acids is 1. The Morgan fingerprint density at radius 2 is 2.10 bits per heavy atom. The summed E-state index contributed by atoms with van der Waals surface area (Å²) in [5.74, 6) is -4.19. The van der Waals surface area contributed by atoms with E-state index < -0.39 is 24.6 Å². The molecule has 0 radical (unpaired) electrons. The number of anilines is 1. The number of carbonyl (C=O) groups is 1. The average molecular weight is 312 g/mol. The van der Waals surface area contributed by atoms with Crippen LogP contribution < -0.4 is 10.1 Å². The number of carboxylic acid groups (broad SMARTS) is 1. The van der Waals surface area contributed by atoms with Gasteiger partial charge in [0.25, 0.3) is 0 Å². The van der Waals surface area contributed by atoms with Crippen LogP contribution in [0.25, 0.3) is 0 Å². The summed E-state index contributed by atoms with van der Waals surface area (Å²) in [4.78, 5) is 10.6. The Labute approximate surface area is 118 Å². The van der Waals surface area contributed by atoms with Gasteiger partial charge in [0, 0.05) is 17.6 Å². The number of halogens is 4. The number of rotatable bonds is 5. The van der Waals surface area contributed by atoms with Crippen LogP contribution in [0.1, 0.15) is 5.56 Å². The van der Waals surface area contributed by atoms with Crippen molar-refractivity contribution in [3.63, 3.8) is 0 Å². The second kappa shape index (κ2) is 6.21. The van der Waals surface area contributed by atoms with E-state index in [1.54, 1.807) is 6.92 Å². The first-order chi connectivity index (χ1) is 9.16. The molecular formula is C12H13ClF3NO3. The van der Waals surface area contributed by atoms with Gasteiger partial charge in [-0.05, 0) is 18.6 Å². The molecule has 112 valence electrons. The predicted molar refractivity (Wildman–Crippen MR) is 68.4 cm³/mol. The van der Waals surface area contributed by atoms with Crippen LogP contribution in [0.15, 0.2) is 12.1 Å². The molecule has 0 aliphatic carbocycles. The summed E-state index contributed by atoms with van der Waals surface area (Å²) in [6, 6.07) is 2.94. The summed E-state index contributed by atoms with van der Waals surface area (Å²) in [6.45, 7) is 0.877. The van der Waals surface area contributed by atoms with Gasteiger partial charge in [0.2, 0.25) is 0 Å². The minimum atomic E-state index is -4.83. The third kappa shape index (κ3) is 3.93. The summed E-state index contributed by atoms with van der Waals surface area (Å²) in [7, 11) is 1.34. The topological polar surface area (TPSA) is 58.6 Å². The largest absolute Gasteiger partial charge is 0.495 e. The predicted octanol–water partition coefficient (Wildman–Crippen LogP) is 3.33. The van der Waals surface area contributed by atoms with Crippen LogP contribution in [0, 0.1) is 12.8 Å². The summed E-state index contributed by atoms with van der Waals surface area (Å²) in [5.41, 5.74) is 0.888. The Morgan fingerprint density at radius 1 is 1.50 bits per heavy atom. The summed E-state index contributed by atoms with van der Waals surface area (Å²) in [6.07, 6.45) is -4.83. The van der Waals surface area contributed by atoms with Crippen molar-refractivity contribution in [2.24, 2.45) is 5.92 Å². The van der Waals surface area contributed by atoms with E-state index in [4.69, 9.17) is 21.4 Å². The lowest BCUT2D eigenvalue weighted by atomic mass is 10.1. The standard InChI is InChI=1S/C12H13ClF3NO3/c1-6-3-9(10(20-2)4-8(6)13)17-5-7(11(18)19)12(14,15)16/h3-4,7,17H,5H2,1-2H3,(H,18,19). The first-order valence-electron chi connectivity index (χ1n) is 5.54. The maximum Gasteiger partial charge on any atom is 0.403 e. The number of nitrogens with one attached hydrogen (secondary N) is 1. The minimum Gasteiger partial charge on any atom is -0.495 e. The molecule has 0 aliphatic heterocycles. The van der Waals surface area contributed by atoms with E-state index in [9.17, 15) is 18.0 Å². The van der Waals surface area contributed by atoms with Gasteiger partial charge in [0.15, 0.2) is 5.92 Å². The fraction of sp³-hybridized carbons (Fsp3) is 0.417. The van der Waals surface area contributed by atoms with E-state index in [1.807, 2.05) is 0 Å². The van der Waals surface area contributed by atoms with Crippen LogP contribution >= 0.6 is 11.6 Å². The molecule has 0 bridgehead atoms. The first-order valence-corrected chi connectivity index (χ1v) is 5.92. The van der Waals surface area contributed by atoms with E-state index in [1.165, 1.54) is 19.2 Å². The number of aliphatic carboxylic acids is 1. The monoisotopic (exact) mass is 311 g/mol. The van der Waals surface area contributed by atoms with Crippen molar-refractivity contribution in [3.05, 3.63) is 22.7 Å². The van der Waals surface area contributed by atoms with E-state index in [0.717, 1.165) is 0 Å². The number of ether oxygens (including phenoxy) is 1. The molecule has 1 aromatic carbocycles. The smallest absolute Gasteiger partial charge is 0.403 e. The van der Waals surface area contributed by atoms with Crippen molar-refractivity contribution in [1.29, 1.82) is 0 Å². The Hall–Kier alpha value is -1.63. The molecule has 4 nitrogen and oxygen atoms in total. The zero-order valence-electron chi connectivity index (χ0n) is 10.7. The molecule has 1 unspecified atom stereocenters. The molecule has 0 aliphatic rings. The third-order valence-electron chi connectivity index (χ3n) is 2.67. The number of hydrogen-bond donors (Lipinski definition) is 2. The Balaban J connectivity index is 2.93. The summed E-state index contributed by atoms with van der Waals surface area (Å²) >= 11 is 5.87. The first kappa shape index (κ1) is 16.4. The van der Waals surface area contributed by atoms with Gasteiger partial charge in [-0.15, -0.1) is 0 Å². The average Bonchev–Trinajstić information content (AvgIpc) is 2.31. The molecule has 0 heterocycles. The second-order valence-corrected chi connectivity index (χ2v) is 4.52. The molecule has 8 heteroatoms. The molecule has 1 atom stereocenters. The minimum absolute atomic E-state index is 0.243. The highest BCUT2D eigenvalue weighted by Crippen LogP contribution is 2.32. The van der Waals surface area contributed by atoms with E-state index in [-0.39, 0.29) is 11.4 Å². The Bertz CT molecular complexity index is 505. The molecule has 1 aromatic rings. The molecule has 0 saturated heterocycles. The normalized spacial score (nSPS) is 12.9. The van der Waals surface area contributed by atoms with Gasteiger partial charge in [0.05, 0.1) is 12.8 Å². The van der Waals surface area contributed by atoms with Gasteiger partial charge in [-0.1, -0.05) is 11.6 Å². The van der Waals surface area contributed by atoms with Gasteiger partial charge in [0.1, 0.15) is 5.75 Å². The van der Waals surface area contributed by atoms with Crippen molar-refractivity contribution < 1.29 is 27.8 Å². The second-order valence-electron chi connectivity index (χ2n) is 4.12. The SMILES string of the molecule is COc1cc(Cl)c(C)cc1NCC(C(=O)O)C(F)(F)F. The van der Waals surface area contributed by atoms with Gasteiger partial charge >= 0.3 is 12.1 Å². The van der Waals surface area contributed by atoms with Crippen LogP contribution in [0.5, 0.6) is 5.75 Å². The summed E-state index contributed by atoms with van der Waals surface area (Å²) < 4.78 is 42.6. The van der Waals surface area contributed by atoms with Crippen molar-refractivity contribution in [3.8, 4) is 5.75 Å². The number of aryl methyl sites for hydroxylation is 1. The molecule has 20 heavy (non-hydrogen) atoms. The van der Waals surface area contributed by atoms with Gasteiger partial charge < -0.3 is 15.2 Å². The number of benzene rings is 1. The van der Waals surface area contributed by atoms with Gasteiger partial charge in [-0.25, -0.2) is 0 Å². The molecular weight excluding hydrogens is 299 g/mol. The van der Waals surface area contributed by atoms with E-state index in [2.05, 4.69) is 5.32 Å². The molecule has 0 saturated carbocycles. The molecule has 0 spiro atoms. The molecule has 1 rings (SSSR count). The van der Waals surface area contributed by atoms with Crippen LogP contribution in [0.3, 0.4) is 0 Å². The van der Waals surface area contributed by atoms with Crippen molar-refractivity contribution in [2.45, 2.75) is 13.1 Å². The lowest BCUT2D eigenvalue weighted by Crippen LogP contribution is -2.36. The van der Waals surface area contributed by atoms with Crippen molar-refractivity contribution in [1.82, 2.24) is 0 Å². The van der Waals surface area contributed by atoms with Crippen LogP contribution in [0.2, 0.25) is 5.02 Å². The Morgan fingerprint density at radius 3 is 2.55 bits per heavy atom. The highest BCUT2D eigenvalue weighted by molar-refractivity contribution is 6.31. The molecule has 0 aromatic heterocycles. The lowest BCUT2D eigenvalue weighted by molar-refractivity contribution is -0.190. The third-order valence-corrected chi connectivity index (χ3v) is 3.08. The number of alkyl halides is 3. The summed E-state index contributed by atoms with van der Waals surface area (Å²) in [5, 5.41) is 11.4. The Kier molecular flexibility index (Phi) is 5.10. The lowest BCUT2D eigenvalue weighted by Gasteiger charge is -2.19. The van der Waals surface area contributed by atoms with Crippen molar-refractivity contribution in [2.75, 3.05) is 19.0 Å². The quantitative estimate of drug-likeness (QED) is 0.875. The molecule has 0 fully saturated rings. The van der Waals surface area contributed by atoms with Crippen LogP contribution in [-0.4, -0.2) is 30.9 Å². The van der Waals surface area contributed by atoms with Crippen LogP contribution in [-0.2, 0) is 4.79 Å². The van der Waals surface area contributed by atoms with E-state index >= 15 is 0 Å². The molecule has 2 N–H and O–H groups in total. The van der Waals surface area contributed by atoms with Crippen molar-refractivity contribution >= 4 is 23.3 Å². The maximum absolute atomic E-state index is 12.5. The zero-order chi connectivity index (χ0) is 15.5. The maximum atomic E-state index is 12.5. The van der Waals surface area contributed by atoms with Gasteiger partial charge in [-0.3, -0.25) is 4.79 Å². The number of hydrogen-bond acceptors (Lipinski definition) is 3. The fourth-order valence-corrected chi connectivity index (χ4v) is 1.68. The fourth-order valence-electron chi connectivity index (χ4n) is 1.53. The molecule has 0 amide bonds. The van der Waals surface area contributed by atoms with Gasteiger partial charge in [-0.2, -0.15) is 13.2 Å².